The summed E-state index contributed by atoms with van der Waals surface area (Å²) in [5, 5.41) is 3.06. The lowest BCUT2D eigenvalue weighted by atomic mass is 10.1. The maximum absolute atomic E-state index is 12.4. The number of sulfone groups is 1. The molecule has 0 aliphatic heterocycles. The van der Waals surface area contributed by atoms with E-state index < -0.39 is 27.5 Å². The maximum Gasteiger partial charge on any atom is 0.411 e. The van der Waals surface area contributed by atoms with E-state index in [0.717, 1.165) is 6.26 Å². The van der Waals surface area contributed by atoms with E-state index in [4.69, 9.17) is 13.9 Å². The van der Waals surface area contributed by atoms with Crippen molar-refractivity contribution < 1.29 is 31.9 Å². The Morgan fingerprint density at radius 1 is 1.03 bits per heavy atom. The molecule has 0 fully saturated rings. The lowest BCUT2D eigenvalue weighted by Crippen LogP contribution is -2.13. The lowest BCUT2D eigenvalue weighted by molar-refractivity contribution is 0.0473. The molecule has 3 rings (SSSR count). The van der Waals surface area contributed by atoms with E-state index in [1.165, 1.54) is 24.3 Å². The van der Waals surface area contributed by atoms with Gasteiger partial charge in [0.1, 0.15) is 12.2 Å². The summed E-state index contributed by atoms with van der Waals surface area (Å²) in [7, 11) is -3.18. The van der Waals surface area contributed by atoms with Crippen LogP contribution in [0.1, 0.15) is 28.4 Å². The van der Waals surface area contributed by atoms with Crippen LogP contribution in [0.3, 0.4) is 0 Å². The van der Waals surface area contributed by atoms with Gasteiger partial charge in [-0.3, -0.25) is 5.32 Å². The van der Waals surface area contributed by atoms with Crippen LogP contribution in [-0.2, 0) is 31.7 Å². The highest BCUT2D eigenvalue weighted by molar-refractivity contribution is 7.89. The number of carbonyl (C=O) groups excluding carboxylic acids is 2. The number of amides is 1. The van der Waals surface area contributed by atoms with Gasteiger partial charge < -0.3 is 13.9 Å². The second-order valence-corrected chi connectivity index (χ2v) is 9.13. The first kappa shape index (κ1) is 23.0. The summed E-state index contributed by atoms with van der Waals surface area (Å²) in [6.45, 7) is 1.71. The predicted molar refractivity (Wildman–Crippen MR) is 117 cm³/mol. The van der Waals surface area contributed by atoms with E-state index >= 15 is 0 Å². The monoisotopic (exact) mass is 459 g/mol. The summed E-state index contributed by atoms with van der Waals surface area (Å²) in [6.07, 6.45) is 0.494. The van der Waals surface area contributed by atoms with E-state index in [2.05, 4.69) is 5.32 Å². The van der Waals surface area contributed by atoms with Crippen LogP contribution in [0.15, 0.2) is 57.7 Å². The average Bonchev–Trinajstić information content (AvgIpc) is 2.71. The first-order valence-electron chi connectivity index (χ1n) is 9.59. The first-order chi connectivity index (χ1) is 15.1. The topological polar surface area (TPSA) is 129 Å². The van der Waals surface area contributed by atoms with Gasteiger partial charge >= 0.3 is 17.7 Å². The van der Waals surface area contributed by atoms with E-state index in [9.17, 15) is 22.8 Å². The molecule has 0 spiro atoms. The minimum atomic E-state index is -3.18. The molecule has 9 nitrogen and oxygen atoms in total. The van der Waals surface area contributed by atoms with Gasteiger partial charge in [-0.05, 0) is 36.8 Å². The van der Waals surface area contributed by atoms with E-state index in [1.807, 2.05) is 0 Å². The third-order valence-electron chi connectivity index (χ3n) is 4.33. The second-order valence-electron chi connectivity index (χ2n) is 6.99. The minimum absolute atomic E-state index is 0.124. The van der Waals surface area contributed by atoms with Gasteiger partial charge in [0, 0.05) is 35.0 Å². The second kappa shape index (κ2) is 9.65. The summed E-state index contributed by atoms with van der Waals surface area (Å²) in [4.78, 5) is 35.9. The Hall–Kier alpha value is -3.66. The Labute approximate surface area is 183 Å². The molecule has 0 aliphatic carbocycles. The van der Waals surface area contributed by atoms with Gasteiger partial charge in [-0.2, -0.15) is 0 Å². The van der Waals surface area contributed by atoms with Gasteiger partial charge in [0.15, 0.2) is 9.84 Å². The Morgan fingerprint density at radius 2 is 1.75 bits per heavy atom. The molecule has 1 amide bonds. The van der Waals surface area contributed by atoms with E-state index in [-0.39, 0.29) is 30.1 Å². The zero-order valence-electron chi connectivity index (χ0n) is 17.4. The van der Waals surface area contributed by atoms with E-state index in [1.54, 1.807) is 31.2 Å². The smallest absolute Gasteiger partial charge is 0.411 e. The normalized spacial score (nSPS) is 11.2. The third-order valence-corrected chi connectivity index (χ3v) is 5.19. The highest BCUT2D eigenvalue weighted by Gasteiger charge is 2.13. The highest BCUT2D eigenvalue weighted by atomic mass is 32.2. The Balaban J connectivity index is 1.74. The van der Waals surface area contributed by atoms with Crippen molar-refractivity contribution in [2.45, 2.75) is 19.3 Å². The van der Waals surface area contributed by atoms with Crippen LogP contribution in [0.25, 0.3) is 11.0 Å². The summed E-state index contributed by atoms with van der Waals surface area (Å²) in [6, 6.07) is 12.0. The highest BCUT2D eigenvalue weighted by Crippen LogP contribution is 2.22. The number of fused-ring (bicyclic) bond motifs is 1. The third kappa shape index (κ3) is 6.17. The number of hydrogen-bond acceptors (Lipinski definition) is 8. The molecular formula is C22H21NO8S. The maximum atomic E-state index is 12.4. The molecule has 32 heavy (non-hydrogen) atoms. The van der Waals surface area contributed by atoms with Crippen molar-refractivity contribution in [3.05, 3.63) is 75.6 Å². The quantitative estimate of drug-likeness (QED) is 0.421. The lowest BCUT2D eigenvalue weighted by Gasteiger charge is -2.09. The van der Waals surface area contributed by atoms with Crippen LogP contribution in [0.5, 0.6) is 0 Å². The van der Waals surface area contributed by atoms with Crippen LogP contribution in [-0.4, -0.2) is 33.3 Å². The van der Waals surface area contributed by atoms with Crippen LogP contribution in [0, 0.1) is 0 Å². The van der Waals surface area contributed by atoms with Gasteiger partial charge in [0.05, 0.1) is 17.9 Å². The van der Waals surface area contributed by atoms with Crippen molar-refractivity contribution in [1.29, 1.82) is 0 Å². The molecule has 0 aliphatic rings. The molecule has 168 valence electrons. The molecule has 3 aromatic rings. The Bertz CT molecular complexity index is 1310. The average molecular weight is 459 g/mol. The van der Waals surface area contributed by atoms with Gasteiger partial charge in [0.2, 0.25) is 0 Å². The number of anilines is 1. The molecule has 1 heterocycles. The Morgan fingerprint density at radius 3 is 2.41 bits per heavy atom. The fraction of sp³-hybridized carbons (Fsp3) is 0.227. The van der Waals surface area contributed by atoms with E-state index in [0.29, 0.717) is 22.2 Å². The fourth-order valence-corrected chi connectivity index (χ4v) is 3.78. The number of hydrogen-bond donors (Lipinski definition) is 1. The van der Waals surface area contributed by atoms with Crippen molar-refractivity contribution in [3.8, 4) is 0 Å². The molecular weight excluding hydrogens is 438 g/mol. The number of benzene rings is 2. The van der Waals surface area contributed by atoms with Gasteiger partial charge in [-0.1, -0.05) is 12.1 Å². The van der Waals surface area contributed by atoms with Gasteiger partial charge in [-0.25, -0.2) is 22.8 Å². The van der Waals surface area contributed by atoms with Crippen molar-refractivity contribution in [3.63, 3.8) is 0 Å². The standard InChI is InChI=1S/C22H21NO8S/c1-3-29-22(26)23-17-8-9-18-16(10-20(24)31-19(18)11-17)12-30-21(25)15-6-4-14(5-7-15)13-32(2,27)28/h4-11H,3,12-13H2,1-2H3,(H,23,26). The van der Waals surface area contributed by atoms with Gasteiger partial charge in [0.25, 0.3) is 0 Å². The molecule has 1 N–H and O–H groups in total. The summed E-state index contributed by atoms with van der Waals surface area (Å²) in [5.74, 6) is -0.751. The largest absolute Gasteiger partial charge is 0.457 e. The molecule has 0 radical (unpaired) electrons. The Kier molecular flexibility index (Phi) is 6.94. The zero-order chi connectivity index (χ0) is 23.3. The first-order valence-corrected chi connectivity index (χ1v) is 11.6. The number of nitrogens with one attached hydrogen (secondary N) is 1. The summed E-state index contributed by atoms with van der Waals surface area (Å²) >= 11 is 0. The molecule has 0 atom stereocenters. The molecule has 0 saturated carbocycles. The van der Waals surface area contributed by atoms with Crippen molar-refractivity contribution in [2.75, 3.05) is 18.2 Å². The summed E-state index contributed by atoms with van der Waals surface area (Å²) in [5.41, 5.74) is 1.19. The molecule has 0 unspecified atom stereocenters. The van der Waals surface area contributed by atoms with Crippen LogP contribution in [0.2, 0.25) is 0 Å². The number of carbonyl (C=O) groups is 2. The van der Waals surface area contributed by atoms with Crippen LogP contribution < -0.4 is 10.9 Å². The molecule has 0 saturated heterocycles. The van der Waals surface area contributed by atoms with Crippen LogP contribution >= 0.6 is 0 Å². The van der Waals surface area contributed by atoms with Crippen molar-refractivity contribution >= 4 is 38.6 Å². The molecule has 10 heteroatoms. The minimum Gasteiger partial charge on any atom is -0.457 e. The van der Waals surface area contributed by atoms with Crippen molar-refractivity contribution in [2.24, 2.45) is 0 Å². The molecule has 2 aromatic carbocycles. The fourth-order valence-electron chi connectivity index (χ4n) is 2.98. The SMILES string of the molecule is CCOC(=O)Nc1ccc2c(COC(=O)c3ccc(CS(C)(=O)=O)cc3)cc(=O)oc2c1. The zero-order valence-corrected chi connectivity index (χ0v) is 18.2. The van der Waals surface area contributed by atoms with Gasteiger partial charge in [-0.15, -0.1) is 0 Å². The summed E-state index contributed by atoms with van der Waals surface area (Å²) < 4.78 is 38.1. The number of ether oxygens (including phenoxy) is 2. The van der Waals surface area contributed by atoms with Crippen LogP contribution in [0.4, 0.5) is 10.5 Å². The number of rotatable bonds is 7. The number of esters is 1. The molecule has 0 bridgehead atoms. The molecule has 1 aromatic heterocycles. The predicted octanol–water partition coefficient (Wildman–Crippen LogP) is 3.26. The van der Waals surface area contributed by atoms with Crippen molar-refractivity contribution in [1.82, 2.24) is 0 Å².